The fourth-order valence-electron chi connectivity index (χ4n) is 4.54. The number of anilines is 1. The monoisotopic (exact) mass is 494 g/mol. The van der Waals surface area contributed by atoms with Crippen molar-refractivity contribution in [2.75, 3.05) is 18.5 Å². The van der Waals surface area contributed by atoms with Crippen molar-refractivity contribution in [3.05, 3.63) is 64.7 Å². The number of nitrogens with one attached hydrogen (secondary N) is 2. The van der Waals surface area contributed by atoms with E-state index >= 15 is 0 Å². The topological polar surface area (TPSA) is 50.4 Å². The van der Waals surface area contributed by atoms with Crippen molar-refractivity contribution in [1.29, 1.82) is 0 Å². The zero-order valence-electron chi connectivity index (χ0n) is 23.6. The molecule has 2 aromatic rings. The Balaban J connectivity index is 1.35. The third kappa shape index (κ3) is 13.1. The highest BCUT2D eigenvalue weighted by atomic mass is 16.5. The fourth-order valence-corrected chi connectivity index (χ4v) is 4.54. The molecule has 0 bridgehead atoms. The first-order valence-electron chi connectivity index (χ1n) is 14.1. The van der Waals surface area contributed by atoms with E-state index < -0.39 is 0 Å². The second-order valence-electron chi connectivity index (χ2n) is 11.3. The molecule has 2 N–H and O–H groups in total. The molecule has 0 spiro atoms. The van der Waals surface area contributed by atoms with Gasteiger partial charge in [-0.3, -0.25) is 5.32 Å². The molecule has 4 heteroatoms. The molecule has 0 aromatic heterocycles. The van der Waals surface area contributed by atoms with Gasteiger partial charge in [0.1, 0.15) is 0 Å². The van der Waals surface area contributed by atoms with Crippen molar-refractivity contribution in [1.82, 2.24) is 5.32 Å². The number of rotatable bonds is 16. The highest BCUT2D eigenvalue weighted by Crippen LogP contribution is 2.23. The predicted octanol–water partition coefficient (Wildman–Crippen LogP) is 8.84. The molecule has 0 aliphatic carbocycles. The molecule has 0 saturated heterocycles. The highest BCUT2D eigenvalue weighted by molar-refractivity contribution is 5.84. The molecule has 0 atom stereocenters. The van der Waals surface area contributed by atoms with Crippen molar-refractivity contribution < 1.29 is 9.53 Å². The summed E-state index contributed by atoms with van der Waals surface area (Å²) in [6.45, 7) is 13.4. The van der Waals surface area contributed by atoms with E-state index in [-0.39, 0.29) is 11.5 Å². The number of hydrogen-bond donors (Lipinski definition) is 2. The minimum absolute atomic E-state index is 0.109. The largest absolute Gasteiger partial charge is 0.449 e. The maximum Gasteiger partial charge on any atom is 0.411 e. The summed E-state index contributed by atoms with van der Waals surface area (Å²) in [5.41, 5.74) is 6.23. The molecule has 0 saturated carbocycles. The maximum absolute atomic E-state index is 12.0. The molecule has 2 aromatic carbocycles. The molecule has 0 aliphatic heterocycles. The van der Waals surface area contributed by atoms with E-state index in [1.807, 2.05) is 12.1 Å². The van der Waals surface area contributed by atoms with Crippen LogP contribution in [-0.2, 0) is 16.7 Å². The van der Waals surface area contributed by atoms with Crippen molar-refractivity contribution in [3.8, 4) is 0 Å². The quantitative estimate of drug-likeness (QED) is 0.229. The van der Waals surface area contributed by atoms with E-state index in [2.05, 4.69) is 75.6 Å². The van der Waals surface area contributed by atoms with Gasteiger partial charge in [0.15, 0.2) is 0 Å². The lowest BCUT2D eigenvalue weighted by Crippen LogP contribution is -2.15. The summed E-state index contributed by atoms with van der Waals surface area (Å²) in [7, 11) is 0. The van der Waals surface area contributed by atoms with Gasteiger partial charge in [-0.15, -0.1) is 0 Å². The lowest BCUT2D eigenvalue weighted by atomic mass is 9.87. The summed E-state index contributed by atoms with van der Waals surface area (Å²) in [6.07, 6.45) is 12.1. The number of benzene rings is 2. The van der Waals surface area contributed by atoms with Gasteiger partial charge in [0.25, 0.3) is 0 Å². The standard InChI is InChI=1S/C32H50N2O2/c1-26-22-27(2)24-28(23-26)25-33-20-14-12-10-8-6-7-9-11-13-15-21-36-31(35)34-30-18-16-29(17-19-30)32(3,4)5/h16-19,22-24,33H,6-15,20-21,25H2,1-5H3,(H,34,35). The van der Waals surface area contributed by atoms with Gasteiger partial charge < -0.3 is 10.1 Å². The molecular weight excluding hydrogens is 444 g/mol. The van der Waals surface area contributed by atoms with Crippen molar-refractivity contribution >= 4 is 11.8 Å². The normalized spacial score (nSPS) is 11.5. The van der Waals surface area contributed by atoms with Crippen LogP contribution in [-0.4, -0.2) is 19.2 Å². The lowest BCUT2D eigenvalue weighted by Gasteiger charge is -2.19. The molecule has 0 fully saturated rings. The molecule has 4 nitrogen and oxygen atoms in total. The Bertz CT molecular complexity index is 864. The van der Waals surface area contributed by atoms with Gasteiger partial charge in [-0.25, -0.2) is 4.79 Å². The molecule has 2 rings (SSSR count). The van der Waals surface area contributed by atoms with Crippen LogP contribution in [0.2, 0.25) is 0 Å². The number of amides is 1. The second kappa shape index (κ2) is 16.4. The molecule has 1 amide bonds. The number of hydrogen-bond acceptors (Lipinski definition) is 3. The third-order valence-electron chi connectivity index (χ3n) is 6.59. The average molecular weight is 495 g/mol. The van der Waals surface area contributed by atoms with Crippen LogP contribution < -0.4 is 10.6 Å². The Hall–Kier alpha value is -2.33. The van der Waals surface area contributed by atoms with Crippen molar-refractivity contribution in [2.24, 2.45) is 0 Å². The molecule has 0 unspecified atom stereocenters. The summed E-state index contributed by atoms with van der Waals surface area (Å²) < 4.78 is 5.32. The molecule has 36 heavy (non-hydrogen) atoms. The Morgan fingerprint density at radius 2 is 1.28 bits per heavy atom. The first kappa shape index (κ1) is 29.9. The van der Waals surface area contributed by atoms with Crippen LogP contribution in [0.4, 0.5) is 10.5 Å². The zero-order valence-corrected chi connectivity index (χ0v) is 23.6. The molecule has 0 heterocycles. The number of ether oxygens (including phenoxy) is 1. The van der Waals surface area contributed by atoms with Gasteiger partial charge in [0, 0.05) is 12.2 Å². The van der Waals surface area contributed by atoms with Crippen LogP contribution in [0.25, 0.3) is 0 Å². The van der Waals surface area contributed by atoms with Gasteiger partial charge in [0.2, 0.25) is 0 Å². The Kier molecular flexibility index (Phi) is 13.6. The van der Waals surface area contributed by atoms with Crippen LogP contribution in [0.15, 0.2) is 42.5 Å². The number of carbonyl (C=O) groups is 1. The van der Waals surface area contributed by atoms with E-state index in [1.165, 1.54) is 73.6 Å². The average Bonchev–Trinajstić information content (AvgIpc) is 2.80. The van der Waals surface area contributed by atoms with Crippen LogP contribution in [0.3, 0.4) is 0 Å². The summed E-state index contributed by atoms with van der Waals surface area (Å²) >= 11 is 0. The van der Waals surface area contributed by atoms with E-state index in [4.69, 9.17) is 4.74 Å². The molecule has 200 valence electrons. The van der Waals surface area contributed by atoms with Gasteiger partial charge >= 0.3 is 6.09 Å². The summed E-state index contributed by atoms with van der Waals surface area (Å²) in [6, 6.07) is 14.8. The number of aryl methyl sites for hydroxylation is 2. The van der Waals surface area contributed by atoms with Gasteiger partial charge in [-0.2, -0.15) is 0 Å². The maximum atomic E-state index is 12.0. The van der Waals surface area contributed by atoms with Crippen LogP contribution >= 0.6 is 0 Å². The predicted molar refractivity (Wildman–Crippen MR) is 154 cm³/mol. The fraction of sp³-hybridized carbons (Fsp3) is 0.594. The second-order valence-corrected chi connectivity index (χ2v) is 11.3. The van der Waals surface area contributed by atoms with Crippen molar-refractivity contribution in [3.63, 3.8) is 0 Å². The summed E-state index contributed by atoms with van der Waals surface area (Å²) in [4.78, 5) is 12.0. The summed E-state index contributed by atoms with van der Waals surface area (Å²) in [5.74, 6) is 0. The Labute approximate surface area is 220 Å². The Morgan fingerprint density at radius 3 is 1.83 bits per heavy atom. The van der Waals surface area contributed by atoms with Crippen molar-refractivity contribution in [2.45, 2.75) is 111 Å². The Morgan fingerprint density at radius 1 is 0.750 bits per heavy atom. The van der Waals surface area contributed by atoms with E-state index in [1.54, 1.807) is 0 Å². The number of carbonyl (C=O) groups excluding carboxylic acids is 1. The minimum Gasteiger partial charge on any atom is -0.449 e. The van der Waals surface area contributed by atoms with Crippen LogP contribution in [0, 0.1) is 13.8 Å². The first-order valence-corrected chi connectivity index (χ1v) is 14.1. The number of unbranched alkanes of at least 4 members (excludes halogenated alkanes) is 9. The van der Waals surface area contributed by atoms with E-state index in [0.29, 0.717) is 6.61 Å². The zero-order chi connectivity index (χ0) is 26.2. The van der Waals surface area contributed by atoms with Gasteiger partial charge in [-0.1, -0.05) is 114 Å². The van der Waals surface area contributed by atoms with Crippen LogP contribution in [0.1, 0.15) is 107 Å². The van der Waals surface area contributed by atoms with Gasteiger partial charge in [-0.05, 0) is 61.9 Å². The smallest absolute Gasteiger partial charge is 0.411 e. The molecule has 0 radical (unpaired) electrons. The van der Waals surface area contributed by atoms with Crippen LogP contribution in [0.5, 0.6) is 0 Å². The van der Waals surface area contributed by atoms with E-state index in [9.17, 15) is 4.79 Å². The SMILES string of the molecule is Cc1cc(C)cc(CNCCCCCCCCCCCCOC(=O)Nc2ccc(C(C)(C)C)cc2)c1. The third-order valence-corrected chi connectivity index (χ3v) is 6.59. The lowest BCUT2D eigenvalue weighted by molar-refractivity contribution is 0.159. The summed E-state index contributed by atoms with van der Waals surface area (Å²) in [5, 5.41) is 6.40. The highest BCUT2D eigenvalue weighted by Gasteiger charge is 2.13. The van der Waals surface area contributed by atoms with Gasteiger partial charge in [0.05, 0.1) is 6.61 Å². The van der Waals surface area contributed by atoms with E-state index in [0.717, 1.165) is 31.6 Å². The first-order chi connectivity index (χ1) is 17.2. The molecular formula is C32H50N2O2. The minimum atomic E-state index is -0.362. The molecule has 0 aliphatic rings.